The number of hydrogen-bond donors (Lipinski definition) is 0. The summed E-state index contributed by atoms with van der Waals surface area (Å²) < 4.78 is 39.7. The van der Waals surface area contributed by atoms with Gasteiger partial charge in [-0.05, 0) is 32.1 Å². The van der Waals surface area contributed by atoms with Crippen LogP contribution < -0.4 is 0 Å². The smallest absolute Gasteiger partial charge is 0.263 e. The van der Waals surface area contributed by atoms with Crippen molar-refractivity contribution in [3.05, 3.63) is 24.1 Å². The molecule has 0 radical (unpaired) electrons. The molecule has 0 amide bonds. The largest absolute Gasteiger partial charge is 0.305 e. The zero-order valence-electron chi connectivity index (χ0n) is 11.2. The van der Waals surface area contributed by atoms with Crippen LogP contribution >= 0.6 is 0 Å². The Morgan fingerprint density at radius 2 is 2.11 bits per heavy atom. The van der Waals surface area contributed by atoms with Crippen LogP contribution in [0.4, 0.5) is 4.39 Å². The van der Waals surface area contributed by atoms with E-state index < -0.39 is 20.9 Å². The highest BCUT2D eigenvalue weighted by molar-refractivity contribution is 7.89. The summed E-state index contributed by atoms with van der Waals surface area (Å²) in [6.45, 7) is 2.75. The Morgan fingerprint density at radius 1 is 1.42 bits per heavy atom. The maximum absolute atomic E-state index is 13.6. The highest BCUT2D eigenvalue weighted by Crippen LogP contribution is 2.26. The first-order chi connectivity index (χ1) is 8.84. The van der Waals surface area contributed by atoms with Gasteiger partial charge in [-0.15, -0.1) is 0 Å². The topological polar surface area (TPSA) is 53.5 Å². The normalized spacial score (nSPS) is 25.1. The van der Waals surface area contributed by atoms with E-state index in [-0.39, 0.29) is 12.0 Å². The minimum Gasteiger partial charge on any atom is -0.305 e. The number of nitrogens with zero attached hydrogens (tertiary/aromatic N) is 3. The fraction of sp³-hybridized carbons (Fsp3) is 0.583. The maximum atomic E-state index is 13.6. The van der Waals surface area contributed by atoms with Gasteiger partial charge in [0.25, 0.3) is 10.0 Å². The molecule has 1 saturated heterocycles. The number of halogens is 1. The Hall–Kier alpha value is -1.05. The van der Waals surface area contributed by atoms with Crippen LogP contribution in [-0.4, -0.2) is 55.8 Å². The lowest BCUT2D eigenvalue weighted by molar-refractivity contribution is 0.263. The summed E-state index contributed by atoms with van der Waals surface area (Å²) in [5.74, 6) is -0.597. The molecule has 0 aliphatic carbocycles. The maximum Gasteiger partial charge on any atom is 0.263 e. The molecule has 5 nitrogen and oxygen atoms in total. The van der Waals surface area contributed by atoms with Gasteiger partial charge in [-0.25, -0.2) is 17.8 Å². The highest BCUT2D eigenvalue weighted by Gasteiger charge is 2.39. The van der Waals surface area contributed by atoms with Crippen LogP contribution in [0.5, 0.6) is 0 Å². The summed E-state index contributed by atoms with van der Waals surface area (Å²) in [6.07, 6.45) is 1.29. The lowest BCUT2D eigenvalue weighted by Gasteiger charge is -2.22. The molecule has 0 N–H and O–H groups in total. The second-order valence-corrected chi connectivity index (χ2v) is 6.97. The van der Waals surface area contributed by atoms with E-state index in [9.17, 15) is 12.8 Å². The zero-order valence-corrected chi connectivity index (χ0v) is 12.1. The molecule has 1 fully saturated rings. The lowest BCUT2D eigenvalue weighted by Crippen LogP contribution is -2.36. The number of sulfonamides is 1. The van der Waals surface area contributed by atoms with E-state index in [4.69, 9.17) is 0 Å². The second kappa shape index (κ2) is 5.15. The van der Waals surface area contributed by atoms with Gasteiger partial charge in [0.2, 0.25) is 5.03 Å². The third-order valence-electron chi connectivity index (χ3n) is 3.51. The number of pyridine rings is 1. The van der Waals surface area contributed by atoms with Crippen molar-refractivity contribution in [3.8, 4) is 0 Å². The Morgan fingerprint density at radius 3 is 2.63 bits per heavy atom. The average Bonchev–Trinajstić information content (AvgIpc) is 2.72. The van der Waals surface area contributed by atoms with Gasteiger partial charge in [-0.2, -0.15) is 4.31 Å². The molecule has 2 rings (SSSR count). The van der Waals surface area contributed by atoms with Crippen molar-refractivity contribution >= 4 is 10.0 Å². The van der Waals surface area contributed by atoms with Gasteiger partial charge in [-0.3, -0.25) is 0 Å². The molecule has 0 saturated carbocycles. The van der Waals surface area contributed by atoms with Gasteiger partial charge in [-0.1, -0.05) is 6.92 Å². The van der Waals surface area contributed by atoms with Gasteiger partial charge in [0.15, 0.2) is 5.82 Å². The summed E-state index contributed by atoms with van der Waals surface area (Å²) in [4.78, 5) is 5.67. The molecule has 1 aromatic rings. The molecule has 7 heteroatoms. The summed E-state index contributed by atoms with van der Waals surface area (Å²) in [7, 11) is -0.0175. The Bertz CT molecular complexity index is 562. The van der Waals surface area contributed by atoms with Crippen LogP contribution in [0.2, 0.25) is 0 Å². The fourth-order valence-corrected chi connectivity index (χ4v) is 3.99. The third kappa shape index (κ3) is 2.63. The molecule has 2 unspecified atom stereocenters. The van der Waals surface area contributed by atoms with Gasteiger partial charge in [0, 0.05) is 25.3 Å². The van der Waals surface area contributed by atoms with Crippen LogP contribution in [0.1, 0.15) is 6.92 Å². The van der Waals surface area contributed by atoms with E-state index >= 15 is 0 Å². The second-order valence-electron chi connectivity index (χ2n) is 5.12. The summed E-state index contributed by atoms with van der Waals surface area (Å²) >= 11 is 0. The van der Waals surface area contributed by atoms with Crippen LogP contribution in [0.15, 0.2) is 23.4 Å². The standard InChI is InChI=1S/C12H18FN3O2S/c1-9-7-16(8-11(9)15(2)3)19(17,18)12-10(13)5-4-6-14-12/h4-6,9,11H,7-8H2,1-3H3. The van der Waals surface area contributed by atoms with Gasteiger partial charge < -0.3 is 4.90 Å². The van der Waals surface area contributed by atoms with Crippen molar-refractivity contribution in [2.24, 2.45) is 5.92 Å². The van der Waals surface area contributed by atoms with E-state index in [1.165, 1.54) is 16.6 Å². The number of hydrogen-bond acceptors (Lipinski definition) is 4. The summed E-state index contributed by atoms with van der Waals surface area (Å²) in [5.41, 5.74) is 0. The van der Waals surface area contributed by atoms with Crippen molar-refractivity contribution in [1.29, 1.82) is 0 Å². The monoisotopic (exact) mass is 287 g/mol. The summed E-state index contributed by atoms with van der Waals surface area (Å²) in [6, 6.07) is 2.63. The van der Waals surface area contributed by atoms with Crippen molar-refractivity contribution in [3.63, 3.8) is 0 Å². The highest BCUT2D eigenvalue weighted by atomic mass is 32.2. The molecule has 2 atom stereocenters. The predicted octanol–water partition coefficient (Wildman–Crippen LogP) is 0.791. The molecule has 1 aliphatic heterocycles. The Balaban J connectivity index is 2.30. The molecule has 0 bridgehead atoms. The van der Waals surface area contributed by atoms with E-state index in [2.05, 4.69) is 4.98 Å². The van der Waals surface area contributed by atoms with E-state index in [0.717, 1.165) is 6.07 Å². The quantitative estimate of drug-likeness (QED) is 0.825. The van der Waals surface area contributed by atoms with Crippen LogP contribution in [-0.2, 0) is 10.0 Å². The van der Waals surface area contributed by atoms with E-state index in [1.54, 1.807) is 0 Å². The molecule has 19 heavy (non-hydrogen) atoms. The first-order valence-electron chi connectivity index (χ1n) is 6.11. The lowest BCUT2D eigenvalue weighted by atomic mass is 10.1. The predicted molar refractivity (Wildman–Crippen MR) is 69.6 cm³/mol. The number of aromatic nitrogens is 1. The molecule has 106 valence electrons. The fourth-order valence-electron chi connectivity index (χ4n) is 2.46. The van der Waals surface area contributed by atoms with Gasteiger partial charge in [0.1, 0.15) is 0 Å². The van der Waals surface area contributed by atoms with Crippen molar-refractivity contribution < 1.29 is 12.8 Å². The molecule has 0 spiro atoms. The van der Waals surface area contributed by atoms with E-state index in [0.29, 0.717) is 13.1 Å². The summed E-state index contributed by atoms with van der Waals surface area (Å²) in [5, 5.41) is -0.485. The van der Waals surface area contributed by atoms with Crippen LogP contribution in [0, 0.1) is 11.7 Å². The van der Waals surface area contributed by atoms with Crippen molar-refractivity contribution in [2.75, 3.05) is 27.2 Å². The number of likely N-dealkylation sites (N-methyl/N-ethyl adjacent to an activating group) is 1. The van der Waals surface area contributed by atoms with Crippen LogP contribution in [0.3, 0.4) is 0 Å². The molecule has 2 heterocycles. The van der Waals surface area contributed by atoms with Gasteiger partial charge >= 0.3 is 0 Å². The molecular weight excluding hydrogens is 269 g/mol. The van der Waals surface area contributed by atoms with Crippen LogP contribution in [0.25, 0.3) is 0 Å². The Labute approximate surface area is 113 Å². The minimum atomic E-state index is -3.85. The third-order valence-corrected chi connectivity index (χ3v) is 5.28. The average molecular weight is 287 g/mol. The SMILES string of the molecule is CC1CN(S(=O)(=O)c2ncccc2F)CC1N(C)C. The van der Waals surface area contributed by atoms with Crippen molar-refractivity contribution in [2.45, 2.75) is 18.0 Å². The van der Waals surface area contributed by atoms with Crippen molar-refractivity contribution in [1.82, 2.24) is 14.2 Å². The minimum absolute atomic E-state index is 0.140. The first-order valence-corrected chi connectivity index (χ1v) is 7.55. The molecule has 0 aromatic carbocycles. The molecule has 1 aliphatic rings. The van der Waals surface area contributed by atoms with E-state index in [1.807, 2.05) is 25.9 Å². The number of rotatable bonds is 3. The van der Waals surface area contributed by atoms with Gasteiger partial charge in [0.05, 0.1) is 0 Å². The zero-order chi connectivity index (χ0) is 14.2. The molecular formula is C12H18FN3O2S. The molecule has 1 aromatic heterocycles. The first kappa shape index (κ1) is 14.4. The Kier molecular flexibility index (Phi) is 3.89.